The third-order valence-corrected chi connectivity index (χ3v) is 6.04. The molecule has 1 aliphatic heterocycles. The minimum absolute atomic E-state index is 0.0681. The summed E-state index contributed by atoms with van der Waals surface area (Å²) in [6, 6.07) is 6.30. The predicted molar refractivity (Wildman–Crippen MR) is 140 cm³/mol. The van der Waals surface area contributed by atoms with E-state index in [-0.39, 0.29) is 23.4 Å². The average molecular weight is 512 g/mol. The van der Waals surface area contributed by atoms with Crippen LogP contribution < -0.4 is 15.0 Å². The third-order valence-electron chi connectivity index (χ3n) is 6.04. The molecular weight excluding hydrogens is 477 g/mol. The van der Waals surface area contributed by atoms with E-state index in [1.807, 2.05) is 46.4 Å². The SMILES string of the molecule is CCOc1cc2nc(C)cn2cc1C(=O)Nc1ccc(N2CCN(C(=O)OC(C)(C)C)[C@@H](C)C2)cc1F. The van der Waals surface area contributed by atoms with Crippen LogP contribution in [0.1, 0.15) is 50.7 Å². The van der Waals surface area contributed by atoms with Crippen molar-refractivity contribution in [3.05, 3.63) is 53.7 Å². The predicted octanol–water partition coefficient (Wildman–Crippen LogP) is 4.88. The van der Waals surface area contributed by atoms with E-state index < -0.39 is 17.3 Å². The number of hydrogen-bond acceptors (Lipinski definition) is 6. The number of pyridine rings is 1. The molecule has 1 N–H and O–H groups in total. The van der Waals surface area contributed by atoms with Gasteiger partial charge in [0.05, 0.1) is 23.6 Å². The van der Waals surface area contributed by atoms with Gasteiger partial charge in [0.1, 0.15) is 22.8 Å². The smallest absolute Gasteiger partial charge is 0.410 e. The molecular formula is C27H34FN5O4. The molecule has 0 radical (unpaired) electrons. The first-order chi connectivity index (χ1) is 17.4. The zero-order valence-corrected chi connectivity index (χ0v) is 22.2. The van der Waals surface area contributed by atoms with Gasteiger partial charge in [0.25, 0.3) is 5.91 Å². The zero-order valence-electron chi connectivity index (χ0n) is 22.2. The second-order valence-electron chi connectivity index (χ2n) is 10.2. The number of ether oxygens (including phenoxy) is 2. The van der Waals surface area contributed by atoms with Crippen LogP contribution in [0.5, 0.6) is 5.75 Å². The van der Waals surface area contributed by atoms with E-state index in [4.69, 9.17) is 9.47 Å². The summed E-state index contributed by atoms with van der Waals surface area (Å²) in [5.41, 5.74) is 1.93. The minimum Gasteiger partial charge on any atom is -0.493 e. The van der Waals surface area contributed by atoms with Crippen molar-refractivity contribution in [2.45, 2.75) is 53.2 Å². The molecule has 1 saturated heterocycles. The van der Waals surface area contributed by atoms with E-state index >= 15 is 4.39 Å². The second-order valence-corrected chi connectivity index (χ2v) is 10.2. The van der Waals surface area contributed by atoms with Gasteiger partial charge in [0.15, 0.2) is 0 Å². The Balaban J connectivity index is 1.47. The Kier molecular flexibility index (Phi) is 7.29. The number of halogens is 1. The first kappa shape index (κ1) is 26.2. The summed E-state index contributed by atoms with van der Waals surface area (Å²) in [5.74, 6) is -0.652. The van der Waals surface area contributed by atoms with Gasteiger partial charge >= 0.3 is 6.09 Å². The Hall–Kier alpha value is -3.82. The zero-order chi connectivity index (χ0) is 26.9. The molecule has 2 aromatic heterocycles. The number of rotatable bonds is 5. The van der Waals surface area contributed by atoms with Crippen LogP contribution in [0.3, 0.4) is 0 Å². The Morgan fingerprint density at radius 2 is 1.95 bits per heavy atom. The lowest BCUT2D eigenvalue weighted by Crippen LogP contribution is -2.55. The van der Waals surface area contributed by atoms with Crippen LogP contribution in [0.4, 0.5) is 20.6 Å². The molecule has 37 heavy (non-hydrogen) atoms. The summed E-state index contributed by atoms with van der Waals surface area (Å²) in [5, 5.41) is 2.66. The molecule has 1 atom stereocenters. The van der Waals surface area contributed by atoms with E-state index in [1.165, 1.54) is 6.07 Å². The first-order valence-corrected chi connectivity index (χ1v) is 12.4. The largest absolute Gasteiger partial charge is 0.493 e. The van der Waals surface area contributed by atoms with Gasteiger partial charge in [-0.2, -0.15) is 0 Å². The van der Waals surface area contributed by atoms with Gasteiger partial charge in [-0.05, 0) is 59.7 Å². The Morgan fingerprint density at radius 3 is 2.59 bits per heavy atom. The topological polar surface area (TPSA) is 88.4 Å². The average Bonchev–Trinajstić information content (AvgIpc) is 3.17. The number of aryl methyl sites for hydroxylation is 1. The highest BCUT2D eigenvalue weighted by Crippen LogP contribution is 2.27. The molecule has 0 unspecified atom stereocenters. The molecule has 0 saturated carbocycles. The van der Waals surface area contributed by atoms with E-state index in [2.05, 4.69) is 10.3 Å². The summed E-state index contributed by atoms with van der Waals surface area (Å²) >= 11 is 0. The monoisotopic (exact) mass is 511 g/mol. The Morgan fingerprint density at radius 1 is 1.19 bits per heavy atom. The maximum absolute atomic E-state index is 15.1. The van der Waals surface area contributed by atoms with Crippen molar-refractivity contribution in [3.8, 4) is 5.75 Å². The van der Waals surface area contributed by atoms with Gasteiger partial charge in [0.2, 0.25) is 0 Å². The minimum atomic E-state index is -0.565. The molecule has 0 spiro atoms. The van der Waals surface area contributed by atoms with Gasteiger partial charge in [-0.1, -0.05) is 0 Å². The summed E-state index contributed by atoms with van der Waals surface area (Å²) < 4.78 is 28.0. The number of aromatic nitrogens is 2. The van der Waals surface area contributed by atoms with Crippen molar-refractivity contribution < 1.29 is 23.5 Å². The lowest BCUT2D eigenvalue weighted by Gasteiger charge is -2.41. The van der Waals surface area contributed by atoms with Crippen molar-refractivity contribution in [2.24, 2.45) is 0 Å². The summed E-state index contributed by atoms with van der Waals surface area (Å²) in [6.07, 6.45) is 3.09. The lowest BCUT2D eigenvalue weighted by molar-refractivity contribution is 0.0159. The molecule has 9 nitrogen and oxygen atoms in total. The fourth-order valence-electron chi connectivity index (χ4n) is 4.36. The number of nitrogens with one attached hydrogen (secondary N) is 1. The molecule has 1 aliphatic rings. The van der Waals surface area contributed by atoms with Gasteiger partial charge in [-0.3, -0.25) is 4.79 Å². The quantitative estimate of drug-likeness (QED) is 0.525. The van der Waals surface area contributed by atoms with E-state index in [0.29, 0.717) is 43.3 Å². The molecule has 198 valence electrons. The highest BCUT2D eigenvalue weighted by molar-refractivity contribution is 6.06. The van der Waals surface area contributed by atoms with Crippen LogP contribution in [0.15, 0.2) is 36.7 Å². The number of nitrogens with zero attached hydrogens (tertiary/aromatic N) is 4. The maximum atomic E-state index is 15.1. The normalized spacial score (nSPS) is 16.1. The molecule has 3 heterocycles. The van der Waals surface area contributed by atoms with E-state index in [0.717, 1.165) is 5.69 Å². The van der Waals surface area contributed by atoms with Crippen LogP contribution in [-0.2, 0) is 4.74 Å². The number of carbonyl (C=O) groups is 2. The molecule has 2 amide bonds. The van der Waals surface area contributed by atoms with E-state index in [9.17, 15) is 9.59 Å². The maximum Gasteiger partial charge on any atom is 0.410 e. The molecule has 1 fully saturated rings. The van der Waals surface area contributed by atoms with Crippen LogP contribution >= 0.6 is 0 Å². The number of anilines is 2. The van der Waals surface area contributed by atoms with Crippen LogP contribution in [-0.4, -0.2) is 64.2 Å². The number of amides is 2. The highest BCUT2D eigenvalue weighted by atomic mass is 19.1. The highest BCUT2D eigenvalue weighted by Gasteiger charge is 2.31. The number of piperazine rings is 1. The van der Waals surface area contributed by atoms with E-state index in [1.54, 1.807) is 39.9 Å². The summed E-state index contributed by atoms with van der Waals surface area (Å²) in [7, 11) is 0. The van der Waals surface area contributed by atoms with Crippen molar-refractivity contribution in [1.82, 2.24) is 14.3 Å². The van der Waals surface area contributed by atoms with Crippen molar-refractivity contribution in [3.63, 3.8) is 0 Å². The molecule has 3 aromatic rings. The molecule has 4 rings (SSSR count). The van der Waals surface area contributed by atoms with Crippen LogP contribution in [0.25, 0.3) is 5.65 Å². The van der Waals surface area contributed by atoms with Crippen molar-refractivity contribution in [1.29, 1.82) is 0 Å². The lowest BCUT2D eigenvalue weighted by atomic mass is 10.1. The van der Waals surface area contributed by atoms with Gasteiger partial charge in [-0.25, -0.2) is 14.2 Å². The first-order valence-electron chi connectivity index (χ1n) is 12.4. The Bertz CT molecular complexity index is 1320. The number of fused-ring (bicyclic) bond motifs is 1. The Labute approximate surface area is 216 Å². The molecule has 0 aliphatic carbocycles. The van der Waals surface area contributed by atoms with Crippen molar-refractivity contribution >= 4 is 29.0 Å². The van der Waals surface area contributed by atoms with Gasteiger partial charge in [0, 0.05) is 49.8 Å². The van der Waals surface area contributed by atoms with Crippen LogP contribution in [0, 0.1) is 12.7 Å². The standard InChI is InChI=1S/C27H34FN5O4/c1-7-36-23-13-24-29-17(2)14-32(24)16-20(23)25(34)30-22-9-8-19(12-21(22)28)31-10-11-33(18(3)15-31)26(35)37-27(4,5)6/h8-9,12-14,16,18H,7,10-11,15H2,1-6H3,(H,30,34)/t18-/m0/s1. The van der Waals surface area contributed by atoms with Gasteiger partial charge < -0.3 is 29.0 Å². The van der Waals surface area contributed by atoms with Crippen LogP contribution in [0.2, 0.25) is 0 Å². The number of hydrogen-bond donors (Lipinski definition) is 1. The summed E-state index contributed by atoms with van der Waals surface area (Å²) in [6.45, 7) is 13.1. The third kappa shape index (κ3) is 5.95. The second kappa shape index (κ2) is 10.3. The fraction of sp³-hybridized carbons (Fsp3) is 0.444. The van der Waals surface area contributed by atoms with Gasteiger partial charge in [-0.15, -0.1) is 0 Å². The number of imidazole rings is 1. The number of benzene rings is 1. The molecule has 0 bridgehead atoms. The summed E-state index contributed by atoms with van der Waals surface area (Å²) in [4.78, 5) is 33.7. The molecule has 1 aromatic carbocycles. The van der Waals surface area contributed by atoms with Crippen molar-refractivity contribution in [2.75, 3.05) is 36.5 Å². The fourth-order valence-corrected chi connectivity index (χ4v) is 4.36. The number of carbonyl (C=O) groups excluding carboxylic acids is 2. The molecule has 10 heteroatoms.